The predicted octanol–water partition coefficient (Wildman–Crippen LogP) is 0.959. The van der Waals surface area contributed by atoms with Crippen molar-refractivity contribution in [1.82, 2.24) is 9.97 Å². The second-order valence-corrected chi connectivity index (χ2v) is 5.10. The highest BCUT2D eigenvalue weighted by molar-refractivity contribution is 5.40. The van der Waals surface area contributed by atoms with Crippen LogP contribution in [0.4, 0.5) is 5.82 Å². The molecule has 4 nitrogen and oxygen atoms in total. The number of aryl methyl sites for hydroxylation is 1. The smallest absolute Gasteiger partial charge is 0.132 e. The summed E-state index contributed by atoms with van der Waals surface area (Å²) in [5, 5.41) is 0. The third-order valence-corrected chi connectivity index (χ3v) is 4.02. The second kappa shape index (κ2) is 3.70. The summed E-state index contributed by atoms with van der Waals surface area (Å²) < 4.78 is 0. The van der Waals surface area contributed by atoms with Crippen LogP contribution in [-0.2, 0) is 0 Å². The lowest BCUT2D eigenvalue weighted by Gasteiger charge is -2.36. The van der Waals surface area contributed by atoms with E-state index < -0.39 is 0 Å². The van der Waals surface area contributed by atoms with E-state index in [9.17, 15) is 0 Å². The van der Waals surface area contributed by atoms with Crippen LogP contribution in [0.1, 0.15) is 18.5 Å². The fourth-order valence-electron chi connectivity index (χ4n) is 3.07. The van der Waals surface area contributed by atoms with Crippen LogP contribution in [0.2, 0.25) is 0 Å². The van der Waals surface area contributed by atoms with E-state index in [0.717, 1.165) is 24.6 Å². The number of piperidine rings is 1. The first-order valence-corrected chi connectivity index (χ1v) is 6.03. The van der Waals surface area contributed by atoms with Crippen molar-refractivity contribution in [3.8, 4) is 0 Å². The van der Waals surface area contributed by atoms with Gasteiger partial charge in [0, 0.05) is 30.9 Å². The summed E-state index contributed by atoms with van der Waals surface area (Å²) in [6.07, 6.45) is 4.22. The molecular weight excluding hydrogens is 200 g/mol. The van der Waals surface area contributed by atoms with Crippen molar-refractivity contribution in [3.63, 3.8) is 0 Å². The van der Waals surface area contributed by atoms with Crippen molar-refractivity contribution in [1.29, 1.82) is 0 Å². The zero-order valence-electron chi connectivity index (χ0n) is 9.63. The van der Waals surface area contributed by atoms with E-state index in [4.69, 9.17) is 5.73 Å². The Morgan fingerprint density at radius 3 is 2.56 bits per heavy atom. The molecule has 0 radical (unpaired) electrons. The van der Waals surface area contributed by atoms with Crippen LogP contribution in [0.25, 0.3) is 0 Å². The van der Waals surface area contributed by atoms with E-state index in [1.54, 1.807) is 6.33 Å². The number of hydrogen-bond donors (Lipinski definition) is 1. The maximum atomic E-state index is 6.20. The highest BCUT2D eigenvalue weighted by Crippen LogP contribution is 2.36. The normalized spacial score (nSPS) is 33.1. The Morgan fingerprint density at radius 2 is 1.94 bits per heavy atom. The van der Waals surface area contributed by atoms with Crippen molar-refractivity contribution in [2.45, 2.75) is 25.8 Å². The molecule has 4 heteroatoms. The Labute approximate surface area is 95.9 Å². The third-order valence-electron chi connectivity index (χ3n) is 4.02. The molecule has 2 fully saturated rings. The van der Waals surface area contributed by atoms with Crippen LogP contribution in [-0.4, -0.2) is 29.1 Å². The average Bonchev–Trinajstić information content (AvgIpc) is 2.53. The van der Waals surface area contributed by atoms with E-state index in [1.807, 2.05) is 6.92 Å². The van der Waals surface area contributed by atoms with Crippen molar-refractivity contribution in [2.24, 2.45) is 17.6 Å². The molecule has 2 N–H and O–H groups in total. The Hall–Kier alpha value is -1.16. The number of hydrogen-bond acceptors (Lipinski definition) is 4. The molecule has 0 unspecified atom stereocenters. The van der Waals surface area contributed by atoms with Crippen molar-refractivity contribution in [3.05, 3.63) is 18.1 Å². The third kappa shape index (κ3) is 1.57. The predicted molar refractivity (Wildman–Crippen MR) is 63.2 cm³/mol. The molecule has 0 amide bonds. The van der Waals surface area contributed by atoms with Gasteiger partial charge in [-0.05, 0) is 31.6 Å². The van der Waals surface area contributed by atoms with Crippen LogP contribution in [0, 0.1) is 18.8 Å². The fourth-order valence-corrected chi connectivity index (χ4v) is 3.07. The topological polar surface area (TPSA) is 55.0 Å². The summed E-state index contributed by atoms with van der Waals surface area (Å²) in [6.45, 7) is 4.14. The number of aromatic nitrogens is 2. The highest BCUT2D eigenvalue weighted by atomic mass is 15.2. The van der Waals surface area contributed by atoms with Crippen molar-refractivity contribution >= 4 is 5.82 Å². The minimum atomic E-state index is 0.416. The average molecular weight is 218 g/mol. The molecule has 0 aromatic carbocycles. The molecule has 16 heavy (non-hydrogen) atoms. The van der Waals surface area contributed by atoms with E-state index >= 15 is 0 Å². The zero-order valence-corrected chi connectivity index (χ0v) is 9.63. The number of nitrogens with zero attached hydrogens (tertiary/aromatic N) is 3. The Bertz CT molecular complexity index is 378. The summed E-state index contributed by atoms with van der Waals surface area (Å²) in [4.78, 5) is 10.9. The number of rotatable bonds is 1. The van der Waals surface area contributed by atoms with Crippen LogP contribution in [0.5, 0.6) is 0 Å². The molecule has 3 atom stereocenters. The summed E-state index contributed by atoms with van der Waals surface area (Å²) in [6, 6.07) is 2.48. The summed E-state index contributed by atoms with van der Waals surface area (Å²) in [5.41, 5.74) is 7.23. The monoisotopic (exact) mass is 218 g/mol. The van der Waals surface area contributed by atoms with Crippen molar-refractivity contribution < 1.29 is 0 Å². The van der Waals surface area contributed by atoms with Gasteiger partial charge in [-0.25, -0.2) is 9.97 Å². The summed E-state index contributed by atoms with van der Waals surface area (Å²) in [7, 11) is 0. The number of nitrogens with two attached hydrogens (primary N) is 1. The first kappa shape index (κ1) is 10.0. The van der Waals surface area contributed by atoms with Gasteiger partial charge in [0.15, 0.2) is 0 Å². The van der Waals surface area contributed by atoms with Gasteiger partial charge < -0.3 is 10.6 Å². The zero-order chi connectivity index (χ0) is 11.1. The van der Waals surface area contributed by atoms with Gasteiger partial charge in [-0.2, -0.15) is 0 Å². The fraction of sp³-hybridized carbons (Fsp3) is 0.667. The number of fused-ring (bicyclic) bond motifs is 2. The van der Waals surface area contributed by atoms with Crippen LogP contribution in [0.3, 0.4) is 0 Å². The maximum absolute atomic E-state index is 6.20. The summed E-state index contributed by atoms with van der Waals surface area (Å²) >= 11 is 0. The molecule has 0 spiro atoms. The van der Waals surface area contributed by atoms with Gasteiger partial charge in [0.2, 0.25) is 0 Å². The molecule has 1 aromatic heterocycles. The van der Waals surface area contributed by atoms with Gasteiger partial charge in [0.1, 0.15) is 12.1 Å². The molecule has 2 heterocycles. The van der Waals surface area contributed by atoms with Gasteiger partial charge in [-0.15, -0.1) is 0 Å². The molecule has 1 saturated carbocycles. The molecule has 86 valence electrons. The van der Waals surface area contributed by atoms with Crippen LogP contribution < -0.4 is 10.6 Å². The first-order valence-electron chi connectivity index (χ1n) is 6.03. The molecule has 3 rings (SSSR count). The maximum Gasteiger partial charge on any atom is 0.132 e. The van der Waals surface area contributed by atoms with Crippen molar-refractivity contribution in [2.75, 3.05) is 18.0 Å². The first-order chi connectivity index (χ1) is 7.74. The lowest BCUT2D eigenvalue weighted by molar-refractivity contribution is 0.355. The second-order valence-electron chi connectivity index (χ2n) is 5.10. The van der Waals surface area contributed by atoms with E-state index in [2.05, 4.69) is 20.9 Å². The Balaban J connectivity index is 1.83. The number of anilines is 1. The molecular formula is C12H18N4. The van der Waals surface area contributed by atoms with E-state index in [0.29, 0.717) is 17.9 Å². The lowest BCUT2D eigenvalue weighted by atomic mass is 9.93. The Morgan fingerprint density at radius 1 is 1.25 bits per heavy atom. The van der Waals surface area contributed by atoms with Gasteiger partial charge in [-0.3, -0.25) is 0 Å². The molecule has 1 saturated heterocycles. The van der Waals surface area contributed by atoms with E-state index in [-0.39, 0.29) is 0 Å². The minimum Gasteiger partial charge on any atom is -0.356 e. The van der Waals surface area contributed by atoms with Crippen LogP contribution in [0.15, 0.2) is 12.4 Å². The molecule has 2 bridgehead atoms. The van der Waals surface area contributed by atoms with Gasteiger partial charge in [-0.1, -0.05) is 0 Å². The van der Waals surface area contributed by atoms with E-state index in [1.165, 1.54) is 12.8 Å². The lowest BCUT2D eigenvalue weighted by Crippen LogP contribution is -2.49. The summed E-state index contributed by atoms with van der Waals surface area (Å²) in [5.74, 6) is 2.39. The Kier molecular flexibility index (Phi) is 2.32. The molecule has 2 aliphatic rings. The SMILES string of the molecule is Cc1cc(N2C[C@H]3CC[C@@H](C2)[C@H]3N)ncn1. The van der Waals surface area contributed by atoms with Crippen LogP contribution >= 0.6 is 0 Å². The molecule has 1 aromatic rings. The highest BCUT2D eigenvalue weighted by Gasteiger charge is 2.40. The van der Waals surface area contributed by atoms with Gasteiger partial charge in [0.25, 0.3) is 0 Å². The largest absolute Gasteiger partial charge is 0.356 e. The standard InChI is InChI=1S/C12H18N4/c1-8-4-11(15-7-14-8)16-5-9-2-3-10(6-16)12(9)13/h4,7,9-10,12H,2-3,5-6,13H2,1H3/t9-,10+,12+. The molecule has 1 aliphatic carbocycles. The minimum absolute atomic E-state index is 0.416. The van der Waals surface area contributed by atoms with Gasteiger partial charge >= 0.3 is 0 Å². The molecule has 1 aliphatic heterocycles. The van der Waals surface area contributed by atoms with Gasteiger partial charge in [0.05, 0.1) is 0 Å². The quantitative estimate of drug-likeness (QED) is 0.762.